The summed E-state index contributed by atoms with van der Waals surface area (Å²) in [6.07, 6.45) is 26.7. The fraction of sp³-hybridized carbons (Fsp3) is 0.306. The Kier molecular flexibility index (Phi) is 21.1. The van der Waals surface area contributed by atoms with E-state index in [-0.39, 0.29) is 22.7 Å². The Morgan fingerprint density at radius 1 is 0.352 bits per heavy atom. The molecule has 6 nitrogen and oxygen atoms in total. The summed E-state index contributed by atoms with van der Waals surface area (Å²) >= 11 is 7.04. The number of thiophene rings is 4. The maximum absolute atomic E-state index is 14.9. The average Bonchev–Trinajstić information content (AvgIpc) is 1.49. The number of carbonyl (C=O) groups excluding carboxylic acids is 2. The first-order valence-corrected chi connectivity index (χ1v) is 42.5. The minimum atomic E-state index is -0.847. The van der Waals surface area contributed by atoms with Crippen molar-refractivity contribution in [3.05, 3.63) is 289 Å². The van der Waals surface area contributed by atoms with Crippen molar-refractivity contribution in [3.8, 4) is 45.2 Å². The number of unbranched alkanes of at least 4 members (excludes halogenated alkanes) is 12. The summed E-state index contributed by atoms with van der Waals surface area (Å²) in [6.45, 7) is 17.1. The van der Waals surface area contributed by atoms with Gasteiger partial charge in [-0.1, -0.05) is 214 Å². The van der Waals surface area contributed by atoms with Crippen molar-refractivity contribution in [3.63, 3.8) is 0 Å². The minimum absolute atomic E-state index is 0.0737. The second kappa shape index (κ2) is 31.0. The van der Waals surface area contributed by atoms with Crippen molar-refractivity contribution in [2.75, 3.05) is 0 Å². The molecule has 4 heterocycles. The Labute approximate surface area is 653 Å². The molecule has 7 aromatic carbocycles. The van der Waals surface area contributed by atoms with Crippen molar-refractivity contribution in [1.29, 1.82) is 21.0 Å². The van der Waals surface area contributed by atoms with Crippen LogP contribution < -0.4 is 0 Å². The van der Waals surface area contributed by atoms with Crippen LogP contribution in [0.5, 0.6) is 0 Å². The van der Waals surface area contributed by atoms with E-state index in [1.165, 1.54) is 165 Å². The molecule has 0 atom stereocenters. The largest absolute Gasteiger partial charge is 0.289 e. The molecule has 0 amide bonds. The molecule has 11 aromatic rings. The summed E-state index contributed by atoms with van der Waals surface area (Å²) < 4.78 is 4.50. The fourth-order valence-corrected chi connectivity index (χ4v) is 23.2. The van der Waals surface area contributed by atoms with Gasteiger partial charge in [-0.2, -0.15) is 21.0 Å². The highest BCUT2D eigenvalue weighted by Gasteiger charge is 2.55. The van der Waals surface area contributed by atoms with E-state index >= 15 is 0 Å². The first-order chi connectivity index (χ1) is 52.7. The first-order valence-electron chi connectivity index (χ1n) is 39.2. The molecule has 0 N–H and O–H groups in total. The highest BCUT2D eigenvalue weighted by atomic mass is 32.1. The zero-order chi connectivity index (χ0) is 75.1. The Balaban J connectivity index is 1.01. The van der Waals surface area contributed by atoms with Gasteiger partial charge in [0.15, 0.2) is 11.6 Å². The van der Waals surface area contributed by atoms with E-state index in [9.17, 15) is 30.6 Å². The van der Waals surface area contributed by atoms with Crippen LogP contribution in [0.15, 0.2) is 168 Å². The van der Waals surface area contributed by atoms with E-state index in [0.29, 0.717) is 44.5 Å². The molecule has 0 fully saturated rings. The Morgan fingerprint density at radius 3 is 0.917 bits per heavy atom. The van der Waals surface area contributed by atoms with Crippen LogP contribution in [-0.4, -0.2) is 11.6 Å². The van der Waals surface area contributed by atoms with Gasteiger partial charge < -0.3 is 0 Å². The van der Waals surface area contributed by atoms with Crippen molar-refractivity contribution < 1.29 is 9.59 Å². The van der Waals surface area contributed by atoms with Gasteiger partial charge in [-0.3, -0.25) is 9.59 Å². The zero-order valence-electron chi connectivity index (χ0n) is 63.4. The van der Waals surface area contributed by atoms with Gasteiger partial charge in [0.05, 0.1) is 20.2 Å². The highest BCUT2D eigenvalue weighted by molar-refractivity contribution is 7.31. The molecule has 0 aliphatic heterocycles. The van der Waals surface area contributed by atoms with Gasteiger partial charge in [-0.25, -0.2) is 0 Å². The number of carbonyl (C=O) groups is 2. The molecule has 0 bridgehead atoms. The van der Waals surface area contributed by atoms with Gasteiger partial charge in [-0.15, -0.1) is 45.3 Å². The second-order valence-electron chi connectivity index (χ2n) is 30.5. The molecule has 4 aliphatic rings. The van der Waals surface area contributed by atoms with Crippen LogP contribution in [0, 0.1) is 73.0 Å². The lowest BCUT2D eigenvalue weighted by molar-refractivity contribution is 0.103. The topological polar surface area (TPSA) is 129 Å². The van der Waals surface area contributed by atoms with E-state index in [4.69, 9.17) is 0 Å². The van der Waals surface area contributed by atoms with Gasteiger partial charge in [0.1, 0.15) is 35.4 Å². The number of Topliss-reactive ketones (excluding diaryl/α,β-unsaturated/α-hetero) is 2. The van der Waals surface area contributed by atoms with Gasteiger partial charge in [0.2, 0.25) is 0 Å². The number of benzene rings is 7. The van der Waals surface area contributed by atoms with E-state index in [1.54, 1.807) is 22.7 Å². The molecule has 0 saturated carbocycles. The summed E-state index contributed by atoms with van der Waals surface area (Å²) in [7, 11) is 0. The van der Waals surface area contributed by atoms with Crippen LogP contribution in [0.4, 0.5) is 0 Å². The Bertz CT molecular complexity index is 5250. The number of rotatable bonds is 26. The number of hydrogen-bond donors (Lipinski definition) is 0. The number of hydrogen-bond acceptors (Lipinski definition) is 10. The third kappa shape index (κ3) is 12.7. The lowest BCUT2D eigenvalue weighted by atomic mass is 9.65. The molecule has 538 valence electrons. The highest BCUT2D eigenvalue weighted by Crippen LogP contribution is 2.68. The Hall–Kier alpha value is -9.88. The normalized spacial score (nSPS) is 14.8. The lowest BCUT2D eigenvalue weighted by Crippen LogP contribution is -2.30. The Morgan fingerprint density at radius 2 is 0.639 bits per heavy atom. The van der Waals surface area contributed by atoms with Crippen LogP contribution >= 0.6 is 45.3 Å². The average molecular weight is 1480 g/mol. The zero-order valence-corrected chi connectivity index (χ0v) is 66.7. The maximum atomic E-state index is 14.9. The molecule has 0 spiro atoms. The second-order valence-corrected chi connectivity index (χ2v) is 34.7. The predicted molar refractivity (Wildman–Crippen MR) is 452 cm³/mol. The molecule has 15 rings (SSSR count). The summed E-state index contributed by atoms with van der Waals surface area (Å²) in [6, 6.07) is 64.6. The van der Waals surface area contributed by atoms with E-state index in [1.807, 2.05) is 86.8 Å². The van der Waals surface area contributed by atoms with Crippen molar-refractivity contribution in [1.82, 2.24) is 0 Å². The minimum Gasteiger partial charge on any atom is -0.289 e. The smallest absolute Gasteiger partial charge is 0.194 e. The third-order valence-corrected chi connectivity index (χ3v) is 28.4. The number of ketones is 2. The number of nitrogens with zero attached hydrogens (tertiary/aromatic N) is 4. The quantitative estimate of drug-likeness (QED) is 0.0302. The predicted octanol–water partition coefficient (Wildman–Crippen LogP) is 26.9. The number of fused-ring (bicyclic) bond motifs is 12. The van der Waals surface area contributed by atoms with Crippen LogP contribution in [0.1, 0.15) is 261 Å². The van der Waals surface area contributed by atoms with Crippen LogP contribution in [-0.2, 0) is 36.5 Å². The number of allylic oxidation sites excluding steroid dienone is 6. The molecular weight excluding hydrogens is 1390 g/mol. The van der Waals surface area contributed by atoms with Gasteiger partial charge in [0, 0.05) is 73.5 Å². The number of nitriles is 4. The molecule has 0 saturated heterocycles. The fourth-order valence-electron chi connectivity index (χ4n) is 17.7. The molecule has 4 aromatic heterocycles. The molecule has 10 heteroatoms. The standard InChI is InChI=1S/C98H90N4O2S4/c1-9-13-17-21-25-63-29-37-69(38-30-63)97(70-39-31-64(32-40-70)26-22-18-14-10-2)83-53-80-84(54-79(83)93-89(97)95-85(107-93)51-73(105-95)49-81-87(67(55-99)56-100)75-45-59(5)61(7)47-77(75)91(81)103)98(71-41-33-65(34-42-71)27-23-19-15-11-3,72-43-35-66(36-44-72)28-24-20-16-12-4)90-94(80)108-86-52-74(106-96(86)90)50-82-88(68(57-101)58-102)76-46-60(6)62(8)48-78(76)92(82)104/h29-54H,9-28H2,1-8H3/b81-49+,82-50?. The summed E-state index contributed by atoms with van der Waals surface area (Å²) in [5.41, 5.74) is 23.2. The molecule has 0 radical (unpaired) electrons. The van der Waals surface area contributed by atoms with Gasteiger partial charge in [-0.05, 0) is 228 Å². The number of aryl methyl sites for hydroxylation is 8. The molecule has 4 aliphatic carbocycles. The van der Waals surface area contributed by atoms with Crippen LogP contribution in [0.25, 0.3) is 63.0 Å². The maximum Gasteiger partial charge on any atom is 0.194 e. The summed E-state index contributed by atoms with van der Waals surface area (Å²) in [5, 5.41) is 42.3. The first kappa shape index (κ1) is 73.6. The summed E-state index contributed by atoms with van der Waals surface area (Å²) in [5.74, 6) is -0.365. The van der Waals surface area contributed by atoms with Crippen LogP contribution in [0.3, 0.4) is 0 Å². The SMILES string of the molecule is CCCCCCc1ccc(C2(c3ccc(CCCCCC)cc3)c3cc4c(cc3-c3sc5cc(C=C6C(=O)c7cc(C)c(C)cc7C6=C(C#N)C#N)sc5c32)C(c2ccc(CCCCCC)cc2)(c2ccc(CCCCCC)cc2)c2c-4sc3cc(/C=C4/C(=O)c5cc(C)c(C)cc5C4=C(C#N)C#N)sc23)cc1. The monoisotopic (exact) mass is 1480 g/mol. The van der Waals surface area contributed by atoms with Gasteiger partial charge in [0.25, 0.3) is 0 Å². The third-order valence-electron chi connectivity index (χ3n) is 23.6. The van der Waals surface area contributed by atoms with E-state index < -0.39 is 10.8 Å². The molecule has 0 unspecified atom stereocenters. The van der Waals surface area contributed by atoms with Crippen molar-refractivity contribution in [2.45, 2.75) is 195 Å². The lowest BCUT2D eigenvalue weighted by Gasteiger charge is -2.36. The van der Waals surface area contributed by atoms with Crippen molar-refractivity contribution in [2.24, 2.45) is 0 Å². The molecule has 108 heavy (non-hydrogen) atoms. The van der Waals surface area contributed by atoms with E-state index in [2.05, 4.69) is 173 Å². The molecular formula is C98H90N4O2S4. The van der Waals surface area contributed by atoms with Crippen molar-refractivity contribution >= 4 is 99.0 Å². The van der Waals surface area contributed by atoms with Gasteiger partial charge >= 0.3 is 0 Å². The van der Waals surface area contributed by atoms with Crippen LogP contribution in [0.2, 0.25) is 0 Å². The summed E-state index contributed by atoms with van der Waals surface area (Å²) in [4.78, 5) is 34.0. The van der Waals surface area contributed by atoms with E-state index in [0.717, 1.165) is 102 Å².